The second kappa shape index (κ2) is 7.37. The van der Waals surface area contributed by atoms with E-state index in [1.165, 1.54) is 5.56 Å². The molecule has 0 bridgehead atoms. The van der Waals surface area contributed by atoms with Crippen LogP contribution in [0, 0.1) is 6.92 Å². The molecular formula is C21H19ClN4O. The highest BCUT2D eigenvalue weighted by atomic mass is 35.5. The highest BCUT2D eigenvalue weighted by Gasteiger charge is 2.18. The number of nitrogens with zero attached hydrogens (tertiary/aromatic N) is 3. The van der Waals surface area contributed by atoms with Gasteiger partial charge in [0.25, 0.3) is 0 Å². The molecule has 0 aliphatic carbocycles. The summed E-state index contributed by atoms with van der Waals surface area (Å²) in [6.45, 7) is 4.69. The van der Waals surface area contributed by atoms with E-state index >= 15 is 0 Å². The summed E-state index contributed by atoms with van der Waals surface area (Å²) in [5.74, 6) is 1.40. The lowest BCUT2D eigenvalue weighted by molar-refractivity contribution is 0.459. The molecule has 2 aromatic carbocycles. The average molecular weight is 379 g/mol. The van der Waals surface area contributed by atoms with Gasteiger partial charge in [-0.25, -0.2) is 9.97 Å². The van der Waals surface area contributed by atoms with E-state index in [1.807, 2.05) is 43.3 Å². The van der Waals surface area contributed by atoms with Gasteiger partial charge in [-0.15, -0.1) is 0 Å². The number of anilines is 1. The van der Waals surface area contributed by atoms with Gasteiger partial charge in [-0.2, -0.15) is 0 Å². The predicted octanol–water partition coefficient (Wildman–Crippen LogP) is 5.42. The first-order valence-electron chi connectivity index (χ1n) is 8.85. The molecule has 136 valence electrons. The summed E-state index contributed by atoms with van der Waals surface area (Å²) in [7, 11) is 0. The molecule has 0 aliphatic heterocycles. The minimum absolute atomic E-state index is 0.566. The van der Waals surface area contributed by atoms with Crippen LogP contribution >= 0.6 is 11.6 Å². The van der Waals surface area contributed by atoms with Crippen LogP contribution in [0.2, 0.25) is 5.02 Å². The zero-order valence-corrected chi connectivity index (χ0v) is 15.9. The van der Waals surface area contributed by atoms with Crippen LogP contribution in [0.3, 0.4) is 0 Å². The maximum atomic E-state index is 5.95. The third kappa shape index (κ3) is 3.64. The number of aromatic nitrogens is 3. The standard InChI is InChI=1S/C21H19ClN4O/c1-3-17-24-19-18(15-8-4-13(2)5-9-15)26-27-20(19)21(25-17)23-12-14-6-10-16(22)11-7-14/h4-11H,3,12H2,1-2H3,(H,23,24,25). The van der Waals surface area contributed by atoms with Crippen LogP contribution in [-0.4, -0.2) is 15.1 Å². The third-order valence-electron chi connectivity index (χ3n) is 4.38. The monoisotopic (exact) mass is 378 g/mol. The number of fused-ring (bicyclic) bond motifs is 1. The first-order valence-corrected chi connectivity index (χ1v) is 9.23. The molecule has 1 N–H and O–H groups in total. The fourth-order valence-corrected chi connectivity index (χ4v) is 2.97. The van der Waals surface area contributed by atoms with Crippen molar-refractivity contribution in [2.75, 3.05) is 5.32 Å². The van der Waals surface area contributed by atoms with Gasteiger partial charge in [0, 0.05) is 23.6 Å². The first-order chi connectivity index (χ1) is 13.1. The number of hydrogen-bond donors (Lipinski definition) is 1. The molecule has 2 heterocycles. The number of nitrogens with one attached hydrogen (secondary N) is 1. The maximum Gasteiger partial charge on any atom is 0.228 e. The molecule has 0 atom stereocenters. The Morgan fingerprint density at radius 3 is 2.44 bits per heavy atom. The second-order valence-corrected chi connectivity index (χ2v) is 6.83. The summed E-state index contributed by atoms with van der Waals surface area (Å²) in [6, 6.07) is 15.9. The van der Waals surface area contributed by atoms with Gasteiger partial charge in [0.05, 0.1) is 0 Å². The number of halogens is 1. The Labute approximate surface area is 162 Å². The van der Waals surface area contributed by atoms with Gasteiger partial charge < -0.3 is 9.84 Å². The molecule has 0 fully saturated rings. The zero-order chi connectivity index (χ0) is 18.8. The predicted molar refractivity (Wildman–Crippen MR) is 108 cm³/mol. The Hall–Kier alpha value is -2.92. The lowest BCUT2D eigenvalue weighted by Gasteiger charge is -2.07. The van der Waals surface area contributed by atoms with Crippen LogP contribution in [0.15, 0.2) is 53.1 Å². The molecule has 0 spiro atoms. The molecular weight excluding hydrogens is 360 g/mol. The fourth-order valence-electron chi connectivity index (χ4n) is 2.85. The third-order valence-corrected chi connectivity index (χ3v) is 4.63. The Bertz CT molecular complexity index is 1070. The topological polar surface area (TPSA) is 63.8 Å². The van der Waals surface area contributed by atoms with Crippen molar-refractivity contribution in [1.82, 2.24) is 15.1 Å². The van der Waals surface area contributed by atoms with Gasteiger partial charge >= 0.3 is 0 Å². The molecule has 5 nitrogen and oxygen atoms in total. The van der Waals surface area contributed by atoms with Crippen molar-refractivity contribution >= 4 is 28.5 Å². The van der Waals surface area contributed by atoms with Crippen molar-refractivity contribution in [3.63, 3.8) is 0 Å². The normalized spacial score (nSPS) is 11.1. The van der Waals surface area contributed by atoms with Crippen LogP contribution in [-0.2, 0) is 13.0 Å². The van der Waals surface area contributed by atoms with Crippen molar-refractivity contribution in [3.8, 4) is 11.3 Å². The summed E-state index contributed by atoms with van der Waals surface area (Å²) in [6.07, 6.45) is 0.726. The van der Waals surface area contributed by atoms with Crippen molar-refractivity contribution in [2.45, 2.75) is 26.8 Å². The van der Waals surface area contributed by atoms with Gasteiger partial charge in [0.15, 0.2) is 5.82 Å². The van der Waals surface area contributed by atoms with Gasteiger partial charge in [-0.3, -0.25) is 0 Å². The molecule has 6 heteroatoms. The minimum Gasteiger partial charge on any atom is -0.363 e. The van der Waals surface area contributed by atoms with Crippen LogP contribution in [0.4, 0.5) is 5.82 Å². The summed E-state index contributed by atoms with van der Waals surface area (Å²) in [5, 5.41) is 8.32. The van der Waals surface area contributed by atoms with Crippen LogP contribution in [0.5, 0.6) is 0 Å². The molecule has 0 saturated carbocycles. The van der Waals surface area contributed by atoms with Gasteiger partial charge in [-0.05, 0) is 24.6 Å². The number of rotatable bonds is 5. The Balaban J connectivity index is 1.72. The second-order valence-electron chi connectivity index (χ2n) is 6.40. The average Bonchev–Trinajstić information content (AvgIpc) is 3.12. The number of hydrogen-bond acceptors (Lipinski definition) is 5. The van der Waals surface area contributed by atoms with E-state index in [0.717, 1.165) is 39.6 Å². The van der Waals surface area contributed by atoms with E-state index in [9.17, 15) is 0 Å². The highest BCUT2D eigenvalue weighted by Crippen LogP contribution is 2.30. The van der Waals surface area contributed by atoms with Crippen molar-refractivity contribution < 1.29 is 4.52 Å². The van der Waals surface area contributed by atoms with E-state index in [4.69, 9.17) is 16.1 Å². The minimum atomic E-state index is 0.566. The lowest BCUT2D eigenvalue weighted by Crippen LogP contribution is -2.04. The summed E-state index contributed by atoms with van der Waals surface area (Å²) in [4.78, 5) is 9.25. The van der Waals surface area contributed by atoms with E-state index in [1.54, 1.807) is 0 Å². The summed E-state index contributed by atoms with van der Waals surface area (Å²) < 4.78 is 5.61. The molecule has 0 aliphatic rings. The molecule has 27 heavy (non-hydrogen) atoms. The molecule has 0 amide bonds. The summed E-state index contributed by atoms with van der Waals surface area (Å²) >= 11 is 5.95. The quantitative estimate of drug-likeness (QED) is 0.502. The number of aryl methyl sites for hydroxylation is 2. The molecule has 0 radical (unpaired) electrons. The van der Waals surface area contributed by atoms with Crippen molar-refractivity contribution in [1.29, 1.82) is 0 Å². The zero-order valence-electron chi connectivity index (χ0n) is 15.2. The highest BCUT2D eigenvalue weighted by molar-refractivity contribution is 6.30. The largest absolute Gasteiger partial charge is 0.363 e. The van der Waals surface area contributed by atoms with E-state index in [2.05, 4.69) is 39.5 Å². The Morgan fingerprint density at radius 2 is 1.74 bits per heavy atom. The molecule has 0 saturated heterocycles. The van der Waals surface area contributed by atoms with Crippen LogP contribution < -0.4 is 5.32 Å². The van der Waals surface area contributed by atoms with E-state index in [0.29, 0.717) is 17.9 Å². The lowest BCUT2D eigenvalue weighted by atomic mass is 10.1. The number of benzene rings is 2. The van der Waals surface area contributed by atoms with Gasteiger partial charge in [0.1, 0.15) is 17.0 Å². The van der Waals surface area contributed by atoms with Crippen LogP contribution in [0.25, 0.3) is 22.4 Å². The first kappa shape index (κ1) is 17.5. The Morgan fingerprint density at radius 1 is 1.00 bits per heavy atom. The molecule has 0 unspecified atom stereocenters. The van der Waals surface area contributed by atoms with Gasteiger partial charge in [0.2, 0.25) is 5.58 Å². The Kier molecular flexibility index (Phi) is 4.77. The molecule has 4 aromatic rings. The van der Waals surface area contributed by atoms with Crippen molar-refractivity contribution in [2.24, 2.45) is 0 Å². The van der Waals surface area contributed by atoms with Crippen LogP contribution in [0.1, 0.15) is 23.9 Å². The summed E-state index contributed by atoms with van der Waals surface area (Å²) in [5.41, 5.74) is 5.30. The van der Waals surface area contributed by atoms with E-state index < -0.39 is 0 Å². The SMILES string of the molecule is CCc1nc(NCc2ccc(Cl)cc2)c2onc(-c3ccc(C)cc3)c2n1. The van der Waals surface area contributed by atoms with Crippen molar-refractivity contribution in [3.05, 3.63) is 70.5 Å². The maximum absolute atomic E-state index is 5.95. The molecule has 4 rings (SSSR count). The fraction of sp³-hybridized carbons (Fsp3) is 0.190. The van der Waals surface area contributed by atoms with Gasteiger partial charge in [-0.1, -0.05) is 65.6 Å². The molecule has 2 aromatic heterocycles. The smallest absolute Gasteiger partial charge is 0.228 e. The van der Waals surface area contributed by atoms with E-state index in [-0.39, 0.29) is 0 Å².